The van der Waals surface area contributed by atoms with E-state index in [0.717, 1.165) is 12.0 Å². The fourth-order valence-electron chi connectivity index (χ4n) is 3.88. The number of carbonyl (C=O) groups is 1. The normalized spacial score (nSPS) is 12.5. The topological polar surface area (TPSA) is 112 Å². The Morgan fingerprint density at radius 1 is 0.972 bits per heavy atom. The molecule has 0 amide bonds. The van der Waals surface area contributed by atoms with Crippen LogP contribution in [0.3, 0.4) is 0 Å². The summed E-state index contributed by atoms with van der Waals surface area (Å²) >= 11 is 0. The second-order valence-corrected chi connectivity index (χ2v) is 10.2. The maximum absolute atomic E-state index is 13.0. The molecule has 0 aliphatic carbocycles. The average Bonchev–Trinajstić information content (AvgIpc) is 2.86. The molecule has 9 heteroatoms. The number of aryl methyl sites for hydroxylation is 1. The van der Waals surface area contributed by atoms with Gasteiger partial charge in [-0.05, 0) is 55.8 Å². The summed E-state index contributed by atoms with van der Waals surface area (Å²) in [5, 5.41) is 1.71. The maximum atomic E-state index is 13.0. The van der Waals surface area contributed by atoms with Crippen LogP contribution in [0.5, 0.6) is 11.5 Å². The molecule has 0 saturated heterocycles. The van der Waals surface area contributed by atoms with Crippen LogP contribution in [0.1, 0.15) is 31.7 Å². The Morgan fingerprint density at radius 2 is 1.67 bits per heavy atom. The second kappa shape index (κ2) is 10.5. The third-order valence-electron chi connectivity index (χ3n) is 5.87. The minimum atomic E-state index is -3.94. The number of fused-ring (bicyclic) bond motifs is 3. The summed E-state index contributed by atoms with van der Waals surface area (Å²) in [6.45, 7) is 3.80. The van der Waals surface area contributed by atoms with Gasteiger partial charge in [-0.1, -0.05) is 37.5 Å². The van der Waals surface area contributed by atoms with E-state index < -0.39 is 27.7 Å². The van der Waals surface area contributed by atoms with Gasteiger partial charge in [0.05, 0.1) is 17.4 Å². The minimum Gasteiger partial charge on any atom is -0.497 e. The van der Waals surface area contributed by atoms with Crippen LogP contribution in [-0.4, -0.2) is 27.5 Å². The quantitative estimate of drug-likeness (QED) is 0.151. The molecule has 36 heavy (non-hydrogen) atoms. The van der Waals surface area contributed by atoms with Crippen molar-refractivity contribution in [1.29, 1.82) is 0 Å². The molecule has 0 saturated carbocycles. The Morgan fingerprint density at radius 3 is 2.36 bits per heavy atom. The molecule has 1 heterocycles. The Balaban J connectivity index is 1.61. The smallest absolute Gasteiger partial charge is 0.344 e. The number of benzene rings is 3. The molecule has 0 aliphatic rings. The van der Waals surface area contributed by atoms with Crippen LogP contribution in [0.2, 0.25) is 0 Å². The van der Waals surface area contributed by atoms with Crippen molar-refractivity contribution in [3.63, 3.8) is 0 Å². The number of carbonyl (C=O) groups excluding carboxylic acids is 1. The molecule has 0 fully saturated rings. The number of hydrogen-bond donors (Lipinski definition) is 1. The van der Waals surface area contributed by atoms with Gasteiger partial charge >= 0.3 is 11.6 Å². The lowest BCUT2D eigenvalue weighted by molar-refractivity contribution is -0.136. The van der Waals surface area contributed by atoms with Gasteiger partial charge in [0.15, 0.2) is 0 Å². The number of nitrogens with one attached hydrogen (secondary N) is 1. The molecule has 8 nitrogen and oxygen atoms in total. The number of sulfonamides is 1. The summed E-state index contributed by atoms with van der Waals surface area (Å²) < 4.78 is 44.4. The lowest BCUT2D eigenvalue weighted by Crippen LogP contribution is -2.42. The average molecular weight is 510 g/mol. The van der Waals surface area contributed by atoms with Gasteiger partial charge in [0, 0.05) is 16.8 Å². The molecule has 4 rings (SSSR count). The zero-order valence-corrected chi connectivity index (χ0v) is 21.1. The lowest BCUT2D eigenvalue weighted by atomic mass is 10.1. The van der Waals surface area contributed by atoms with Gasteiger partial charge in [-0.15, -0.1) is 0 Å². The number of rotatable bonds is 9. The monoisotopic (exact) mass is 509 g/mol. The zero-order valence-electron chi connectivity index (χ0n) is 20.2. The van der Waals surface area contributed by atoms with Crippen molar-refractivity contribution in [3.05, 3.63) is 76.6 Å². The molecule has 188 valence electrons. The lowest BCUT2D eigenvalue weighted by Gasteiger charge is -2.18. The van der Waals surface area contributed by atoms with Gasteiger partial charge in [0.1, 0.15) is 23.1 Å². The van der Waals surface area contributed by atoms with Crippen molar-refractivity contribution in [3.8, 4) is 11.5 Å². The van der Waals surface area contributed by atoms with Gasteiger partial charge in [-0.25, -0.2) is 18.0 Å². The zero-order chi connectivity index (χ0) is 25.9. The Kier molecular flexibility index (Phi) is 7.42. The van der Waals surface area contributed by atoms with E-state index in [-0.39, 0.29) is 22.6 Å². The van der Waals surface area contributed by atoms with Crippen LogP contribution in [0.25, 0.3) is 21.7 Å². The predicted octanol–water partition coefficient (Wildman–Crippen LogP) is 4.71. The fourth-order valence-corrected chi connectivity index (χ4v) is 5.09. The number of esters is 1. The van der Waals surface area contributed by atoms with Crippen LogP contribution >= 0.6 is 0 Å². The highest BCUT2D eigenvalue weighted by Crippen LogP contribution is 2.29. The van der Waals surface area contributed by atoms with Gasteiger partial charge in [-0.2, -0.15) is 4.72 Å². The third-order valence-corrected chi connectivity index (χ3v) is 7.36. The first-order chi connectivity index (χ1) is 17.2. The summed E-state index contributed by atoms with van der Waals surface area (Å²) in [7, 11) is -2.42. The highest BCUT2D eigenvalue weighted by molar-refractivity contribution is 7.89. The first-order valence-electron chi connectivity index (χ1n) is 11.6. The van der Waals surface area contributed by atoms with E-state index in [0.29, 0.717) is 28.3 Å². The van der Waals surface area contributed by atoms with Crippen molar-refractivity contribution in [1.82, 2.24) is 4.72 Å². The molecule has 1 unspecified atom stereocenters. The molecule has 1 N–H and O–H groups in total. The van der Waals surface area contributed by atoms with Crippen molar-refractivity contribution in [2.45, 2.75) is 44.0 Å². The van der Waals surface area contributed by atoms with Crippen LogP contribution in [0, 0.1) is 6.92 Å². The Labute approximate surface area is 208 Å². The molecule has 1 atom stereocenters. The number of hydrogen-bond acceptors (Lipinski definition) is 7. The van der Waals surface area contributed by atoms with Gasteiger partial charge in [0.2, 0.25) is 10.0 Å². The van der Waals surface area contributed by atoms with Gasteiger partial charge in [0.25, 0.3) is 0 Å². The first-order valence-corrected chi connectivity index (χ1v) is 13.1. The molecular formula is C27H27NO7S. The van der Waals surface area contributed by atoms with Crippen LogP contribution in [0.15, 0.2) is 74.8 Å². The van der Waals surface area contributed by atoms with Crippen LogP contribution in [0.4, 0.5) is 0 Å². The molecule has 0 radical (unpaired) electrons. The number of ether oxygens (including phenoxy) is 2. The van der Waals surface area contributed by atoms with Crippen LogP contribution < -0.4 is 19.8 Å². The molecule has 1 aromatic heterocycles. The van der Waals surface area contributed by atoms with E-state index in [2.05, 4.69) is 4.72 Å². The summed E-state index contributed by atoms with van der Waals surface area (Å²) in [4.78, 5) is 25.6. The summed E-state index contributed by atoms with van der Waals surface area (Å²) in [5.74, 6) is -0.0724. The predicted molar refractivity (Wildman–Crippen MR) is 137 cm³/mol. The second-order valence-electron chi connectivity index (χ2n) is 8.51. The van der Waals surface area contributed by atoms with E-state index in [1.807, 2.05) is 13.8 Å². The first kappa shape index (κ1) is 25.4. The summed E-state index contributed by atoms with van der Waals surface area (Å²) in [6.07, 6.45) is 1.67. The van der Waals surface area contributed by atoms with E-state index in [1.165, 1.54) is 25.3 Å². The Bertz CT molecular complexity index is 1570. The van der Waals surface area contributed by atoms with E-state index in [1.54, 1.807) is 42.5 Å². The SMILES string of the molecule is CCCCC(NS(=O)(=O)c1ccc(C)cc1)C(=O)Oc1ccc2c(c1)oc(=O)c1cc(OC)ccc12. The standard InChI is InChI=1S/C27H27NO7S/c1-4-5-6-24(28-36(31,32)20-11-7-17(2)8-12-20)27(30)34-19-10-14-22-21-13-9-18(33-3)15-23(21)26(29)35-25(22)16-19/h7-16,24,28H,4-6H2,1-3H3. The molecule has 0 bridgehead atoms. The van der Waals surface area contributed by atoms with Crippen molar-refractivity contribution < 1.29 is 27.1 Å². The van der Waals surface area contributed by atoms with Gasteiger partial charge in [-0.3, -0.25) is 0 Å². The largest absolute Gasteiger partial charge is 0.497 e. The highest BCUT2D eigenvalue weighted by Gasteiger charge is 2.27. The minimum absolute atomic E-state index is 0.0680. The highest BCUT2D eigenvalue weighted by atomic mass is 32.2. The van der Waals surface area contributed by atoms with E-state index in [9.17, 15) is 18.0 Å². The molecular weight excluding hydrogens is 482 g/mol. The van der Waals surface area contributed by atoms with Crippen LogP contribution in [-0.2, 0) is 14.8 Å². The molecule has 0 aliphatic heterocycles. The number of unbranched alkanes of at least 4 members (excludes halogenated alkanes) is 1. The summed E-state index contributed by atoms with van der Waals surface area (Å²) in [6, 6.07) is 15.1. The summed E-state index contributed by atoms with van der Waals surface area (Å²) in [5.41, 5.74) is 0.616. The van der Waals surface area contributed by atoms with Crippen molar-refractivity contribution in [2.75, 3.05) is 7.11 Å². The van der Waals surface area contributed by atoms with E-state index in [4.69, 9.17) is 13.9 Å². The maximum Gasteiger partial charge on any atom is 0.344 e. The Hall–Kier alpha value is -3.69. The number of methoxy groups -OCH3 is 1. The molecule has 3 aromatic carbocycles. The van der Waals surface area contributed by atoms with Gasteiger partial charge < -0.3 is 13.9 Å². The third kappa shape index (κ3) is 5.42. The van der Waals surface area contributed by atoms with Crippen molar-refractivity contribution >= 4 is 37.7 Å². The molecule has 0 spiro atoms. The van der Waals surface area contributed by atoms with E-state index >= 15 is 0 Å². The fraction of sp³-hybridized carbons (Fsp3) is 0.259. The molecule has 4 aromatic rings. The van der Waals surface area contributed by atoms with Crippen molar-refractivity contribution in [2.24, 2.45) is 0 Å².